The SMILES string of the molecule is COc1cccc(-n2nnc(C(=O)Oc3ccc([N+](=O)[O-])c(C)c3)c2C)c1. The Balaban J connectivity index is 1.85. The van der Waals surface area contributed by atoms with E-state index >= 15 is 0 Å². The van der Waals surface area contributed by atoms with Gasteiger partial charge in [-0.2, -0.15) is 0 Å². The molecule has 138 valence electrons. The van der Waals surface area contributed by atoms with E-state index < -0.39 is 10.9 Å². The van der Waals surface area contributed by atoms with E-state index in [0.29, 0.717) is 22.7 Å². The quantitative estimate of drug-likeness (QED) is 0.295. The highest BCUT2D eigenvalue weighted by Crippen LogP contribution is 2.24. The number of methoxy groups -OCH3 is 1. The van der Waals surface area contributed by atoms with Crippen molar-refractivity contribution in [3.8, 4) is 17.2 Å². The molecule has 1 aromatic heterocycles. The van der Waals surface area contributed by atoms with Gasteiger partial charge >= 0.3 is 5.97 Å². The molecule has 0 unspecified atom stereocenters. The summed E-state index contributed by atoms with van der Waals surface area (Å²) in [6, 6.07) is 11.2. The van der Waals surface area contributed by atoms with Gasteiger partial charge in [-0.3, -0.25) is 10.1 Å². The number of aromatic nitrogens is 3. The summed E-state index contributed by atoms with van der Waals surface area (Å²) >= 11 is 0. The van der Waals surface area contributed by atoms with Gasteiger partial charge in [-0.1, -0.05) is 11.3 Å². The normalized spacial score (nSPS) is 10.5. The highest BCUT2D eigenvalue weighted by Gasteiger charge is 2.20. The standard InChI is InChI=1S/C18H16N4O5/c1-11-9-15(7-8-16(11)22(24)25)27-18(23)17-12(2)21(20-19-17)13-5-4-6-14(10-13)26-3/h4-10H,1-3H3. The zero-order chi connectivity index (χ0) is 19.6. The van der Waals surface area contributed by atoms with Crippen molar-refractivity contribution in [3.05, 3.63) is 69.5 Å². The Morgan fingerprint density at radius 3 is 2.59 bits per heavy atom. The first-order chi connectivity index (χ1) is 12.9. The highest BCUT2D eigenvalue weighted by atomic mass is 16.6. The number of rotatable bonds is 5. The van der Waals surface area contributed by atoms with Gasteiger partial charge in [0.25, 0.3) is 5.69 Å². The molecular formula is C18H16N4O5. The molecule has 0 aliphatic heterocycles. The Kier molecular flexibility index (Phi) is 4.84. The van der Waals surface area contributed by atoms with Crippen LogP contribution in [0.5, 0.6) is 11.5 Å². The molecule has 2 aromatic carbocycles. The van der Waals surface area contributed by atoms with Crippen molar-refractivity contribution in [2.75, 3.05) is 7.11 Å². The third-order valence-electron chi connectivity index (χ3n) is 3.96. The summed E-state index contributed by atoms with van der Waals surface area (Å²) in [5, 5.41) is 18.8. The van der Waals surface area contributed by atoms with Crippen LogP contribution < -0.4 is 9.47 Å². The topological polar surface area (TPSA) is 109 Å². The summed E-state index contributed by atoms with van der Waals surface area (Å²) in [4.78, 5) is 22.8. The van der Waals surface area contributed by atoms with Crippen LogP contribution in [0.1, 0.15) is 21.7 Å². The van der Waals surface area contributed by atoms with Gasteiger partial charge in [0.2, 0.25) is 0 Å². The summed E-state index contributed by atoms with van der Waals surface area (Å²) in [5.41, 5.74) is 1.57. The predicted molar refractivity (Wildman–Crippen MR) is 95.4 cm³/mol. The van der Waals surface area contributed by atoms with E-state index in [0.717, 1.165) is 0 Å². The number of ether oxygens (including phenoxy) is 2. The van der Waals surface area contributed by atoms with Crippen molar-refractivity contribution >= 4 is 11.7 Å². The smallest absolute Gasteiger partial charge is 0.366 e. The van der Waals surface area contributed by atoms with Crippen LogP contribution in [-0.2, 0) is 0 Å². The van der Waals surface area contributed by atoms with E-state index in [-0.39, 0.29) is 17.1 Å². The van der Waals surface area contributed by atoms with Gasteiger partial charge in [0.1, 0.15) is 11.5 Å². The first kappa shape index (κ1) is 18.1. The van der Waals surface area contributed by atoms with Crippen LogP contribution in [0.4, 0.5) is 5.69 Å². The van der Waals surface area contributed by atoms with Crippen LogP contribution in [0, 0.1) is 24.0 Å². The Hall–Kier alpha value is -3.75. The molecule has 0 aliphatic rings. The molecule has 0 saturated heterocycles. The summed E-state index contributed by atoms with van der Waals surface area (Å²) < 4.78 is 12.0. The highest BCUT2D eigenvalue weighted by molar-refractivity contribution is 5.90. The van der Waals surface area contributed by atoms with E-state index in [4.69, 9.17) is 9.47 Å². The predicted octanol–water partition coefficient (Wildman–Crippen LogP) is 3.02. The maximum atomic E-state index is 12.4. The first-order valence-electron chi connectivity index (χ1n) is 7.94. The molecule has 9 heteroatoms. The zero-order valence-electron chi connectivity index (χ0n) is 14.9. The van der Waals surface area contributed by atoms with Crippen molar-refractivity contribution in [2.45, 2.75) is 13.8 Å². The molecule has 0 saturated carbocycles. The second kappa shape index (κ2) is 7.24. The van der Waals surface area contributed by atoms with Gasteiger partial charge in [0, 0.05) is 17.7 Å². The number of nitro benzene ring substituents is 1. The van der Waals surface area contributed by atoms with E-state index in [1.807, 2.05) is 0 Å². The lowest BCUT2D eigenvalue weighted by Gasteiger charge is -2.06. The van der Waals surface area contributed by atoms with Gasteiger partial charge in [-0.25, -0.2) is 9.48 Å². The number of benzene rings is 2. The minimum Gasteiger partial charge on any atom is -0.497 e. The molecule has 0 fully saturated rings. The minimum atomic E-state index is -0.699. The van der Waals surface area contributed by atoms with E-state index in [2.05, 4.69) is 10.3 Å². The molecule has 9 nitrogen and oxygen atoms in total. The van der Waals surface area contributed by atoms with Crippen LogP contribution in [-0.4, -0.2) is 33.0 Å². The number of esters is 1. The number of nitrogens with zero attached hydrogens (tertiary/aromatic N) is 4. The maximum absolute atomic E-state index is 12.4. The first-order valence-corrected chi connectivity index (χ1v) is 7.94. The molecule has 3 rings (SSSR count). The van der Waals surface area contributed by atoms with Gasteiger partial charge in [0.15, 0.2) is 5.69 Å². The lowest BCUT2D eigenvalue weighted by atomic mass is 10.2. The van der Waals surface area contributed by atoms with Gasteiger partial charge < -0.3 is 9.47 Å². The minimum absolute atomic E-state index is 0.0463. The lowest BCUT2D eigenvalue weighted by molar-refractivity contribution is -0.385. The molecule has 3 aromatic rings. The molecule has 0 N–H and O–H groups in total. The van der Waals surface area contributed by atoms with Crippen LogP contribution in [0.2, 0.25) is 0 Å². The number of carbonyl (C=O) groups excluding carboxylic acids is 1. The Labute approximate surface area is 154 Å². The fourth-order valence-electron chi connectivity index (χ4n) is 2.56. The van der Waals surface area contributed by atoms with Crippen molar-refractivity contribution in [3.63, 3.8) is 0 Å². The zero-order valence-corrected chi connectivity index (χ0v) is 14.9. The van der Waals surface area contributed by atoms with Crippen molar-refractivity contribution < 1.29 is 19.2 Å². The average molecular weight is 368 g/mol. The van der Waals surface area contributed by atoms with Crippen LogP contribution in [0.15, 0.2) is 42.5 Å². The molecule has 0 bridgehead atoms. The number of hydrogen-bond donors (Lipinski definition) is 0. The van der Waals surface area contributed by atoms with E-state index in [9.17, 15) is 14.9 Å². The second-order valence-electron chi connectivity index (χ2n) is 5.73. The Morgan fingerprint density at radius 1 is 1.15 bits per heavy atom. The van der Waals surface area contributed by atoms with Crippen molar-refractivity contribution in [1.29, 1.82) is 0 Å². The summed E-state index contributed by atoms with van der Waals surface area (Å²) in [6.07, 6.45) is 0. The number of aryl methyl sites for hydroxylation is 1. The maximum Gasteiger partial charge on any atom is 0.366 e. The molecule has 27 heavy (non-hydrogen) atoms. The van der Waals surface area contributed by atoms with E-state index in [1.165, 1.54) is 22.9 Å². The monoisotopic (exact) mass is 368 g/mol. The Morgan fingerprint density at radius 2 is 1.93 bits per heavy atom. The number of hydrogen-bond acceptors (Lipinski definition) is 7. The lowest BCUT2D eigenvalue weighted by Crippen LogP contribution is -2.11. The fraction of sp³-hybridized carbons (Fsp3) is 0.167. The summed E-state index contributed by atoms with van der Waals surface area (Å²) in [5.74, 6) is 0.140. The number of carbonyl (C=O) groups is 1. The third-order valence-corrected chi connectivity index (χ3v) is 3.96. The largest absolute Gasteiger partial charge is 0.497 e. The van der Waals surface area contributed by atoms with Crippen LogP contribution in [0.3, 0.4) is 0 Å². The summed E-state index contributed by atoms with van der Waals surface area (Å²) in [6.45, 7) is 3.26. The Bertz CT molecular complexity index is 1030. The van der Waals surface area contributed by atoms with Gasteiger partial charge in [0.05, 0.1) is 23.4 Å². The third kappa shape index (κ3) is 3.61. The number of nitro groups is 1. The molecule has 0 aliphatic carbocycles. The molecule has 1 heterocycles. The van der Waals surface area contributed by atoms with Crippen LogP contribution in [0.25, 0.3) is 5.69 Å². The van der Waals surface area contributed by atoms with Crippen molar-refractivity contribution in [1.82, 2.24) is 15.0 Å². The van der Waals surface area contributed by atoms with Gasteiger partial charge in [-0.15, -0.1) is 5.10 Å². The molecular weight excluding hydrogens is 352 g/mol. The van der Waals surface area contributed by atoms with E-state index in [1.54, 1.807) is 45.2 Å². The average Bonchev–Trinajstić information content (AvgIpc) is 3.03. The molecule has 0 atom stereocenters. The summed E-state index contributed by atoms with van der Waals surface area (Å²) in [7, 11) is 1.56. The molecule has 0 spiro atoms. The molecule has 0 radical (unpaired) electrons. The van der Waals surface area contributed by atoms with Gasteiger partial charge in [-0.05, 0) is 38.1 Å². The second-order valence-corrected chi connectivity index (χ2v) is 5.73. The van der Waals surface area contributed by atoms with Crippen molar-refractivity contribution in [2.24, 2.45) is 0 Å². The molecule has 0 amide bonds. The fourth-order valence-corrected chi connectivity index (χ4v) is 2.56. The van der Waals surface area contributed by atoms with Crippen LogP contribution >= 0.6 is 0 Å².